The summed E-state index contributed by atoms with van der Waals surface area (Å²) >= 11 is 2.61. The number of nitrogens with zero attached hydrogens (tertiary/aromatic N) is 3. The van der Waals surface area contributed by atoms with E-state index in [4.69, 9.17) is 14.6 Å². The van der Waals surface area contributed by atoms with E-state index in [-0.39, 0.29) is 16.6 Å². The zero-order chi connectivity index (χ0) is 22.8. The van der Waals surface area contributed by atoms with Gasteiger partial charge in [-0.1, -0.05) is 41.3 Å². The molecule has 9 nitrogen and oxygen atoms in total. The lowest BCUT2D eigenvalue weighted by Gasteiger charge is -2.25. The Morgan fingerprint density at radius 2 is 1.97 bits per heavy atom. The van der Waals surface area contributed by atoms with Gasteiger partial charge in [0, 0.05) is 24.1 Å². The third-order valence-electron chi connectivity index (χ3n) is 4.95. The molecule has 4 heterocycles. The van der Waals surface area contributed by atoms with Crippen molar-refractivity contribution in [2.75, 3.05) is 26.3 Å². The van der Waals surface area contributed by atoms with E-state index in [1.807, 2.05) is 36.4 Å². The Balaban J connectivity index is 1.47. The normalized spacial score (nSPS) is 15.5. The molecule has 168 valence electrons. The molecular weight excluding hydrogens is 462 g/mol. The summed E-state index contributed by atoms with van der Waals surface area (Å²) in [6.45, 7) is 2.10. The fourth-order valence-electron chi connectivity index (χ4n) is 3.31. The van der Waals surface area contributed by atoms with Crippen molar-refractivity contribution < 1.29 is 13.9 Å². The van der Waals surface area contributed by atoms with Gasteiger partial charge < -0.3 is 14.1 Å². The van der Waals surface area contributed by atoms with Crippen LogP contribution in [0.15, 0.2) is 61.7 Å². The number of H-pyrrole nitrogens is 1. The molecule has 0 unspecified atom stereocenters. The zero-order valence-electron chi connectivity index (χ0n) is 17.3. The second-order valence-electron chi connectivity index (χ2n) is 7.17. The van der Waals surface area contributed by atoms with E-state index in [0.717, 1.165) is 16.2 Å². The number of amides is 1. The second kappa shape index (κ2) is 9.22. The van der Waals surface area contributed by atoms with Crippen molar-refractivity contribution in [3.05, 3.63) is 73.9 Å². The van der Waals surface area contributed by atoms with Gasteiger partial charge in [0.05, 0.1) is 18.4 Å². The van der Waals surface area contributed by atoms with Crippen LogP contribution in [-0.4, -0.2) is 51.9 Å². The monoisotopic (exact) mass is 481 g/mol. The van der Waals surface area contributed by atoms with E-state index >= 15 is 0 Å². The van der Waals surface area contributed by atoms with Gasteiger partial charge in [0.15, 0.2) is 10.6 Å². The fraction of sp³-hybridized carbons (Fsp3) is 0.182. The number of fused-ring (bicyclic) bond motifs is 1. The Labute approximate surface area is 195 Å². The van der Waals surface area contributed by atoms with Crippen LogP contribution in [0.1, 0.15) is 5.76 Å². The van der Waals surface area contributed by atoms with Gasteiger partial charge in [0.1, 0.15) is 10.4 Å². The number of carbonyl (C=O) groups is 1. The molecule has 0 atom stereocenters. The lowest BCUT2D eigenvalue weighted by atomic mass is 10.3. The molecule has 0 saturated carbocycles. The number of nitrogens with one attached hydrogen (secondary N) is 2. The molecule has 11 heteroatoms. The lowest BCUT2D eigenvalue weighted by Crippen LogP contribution is -2.47. The molecule has 0 radical (unpaired) electrons. The summed E-state index contributed by atoms with van der Waals surface area (Å²) in [4.78, 5) is 31.9. The average Bonchev–Trinajstić information content (AvgIpc) is 3.44. The molecule has 1 aromatic heterocycles. The van der Waals surface area contributed by atoms with E-state index in [1.165, 1.54) is 28.6 Å². The number of hydrogen-bond acceptors (Lipinski definition) is 8. The van der Waals surface area contributed by atoms with Gasteiger partial charge >= 0.3 is 0 Å². The lowest BCUT2D eigenvalue weighted by molar-refractivity contribution is -0.128. The molecule has 2 aromatic rings. The summed E-state index contributed by atoms with van der Waals surface area (Å²) in [6, 6.07) is 13.4. The van der Waals surface area contributed by atoms with Crippen LogP contribution in [0.5, 0.6) is 0 Å². The average molecular weight is 482 g/mol. The van der Waals surface area contributed by atoms with Crippen molar-refractivity contribution in [2.24, 2.45) is 0 Å². The maximum absolute atomic E-state index is 12.6. The van der Waals surface area contributed by atoms with Crippen LogP contribution in [0, 0.1) is 5.41 Å². The van der Waals surface area contributed by atoms with Gasteiger partial charge in [-0.05, 0) is 30.3 Å². The number of rotatable bonds is 4. The molecule has 1 fully saturated rings. The summed E-state index contributed by atoms with van der Waals surface area (Å²) in [7, 11) is 0. The van der Waals surface area contributed by atoms with Crippen LogP contribution in [0.4, 0.5) is 0 Å². The molecule has 1 saturated heterocycles. The minimum atomic E-state index is -0.532. The second-order valence-corrected chi connectivity index (χ2v) is 9.26. The van der Waals surface area contributed by atoms with Crippen LogP contribution in [-0.2, 0) is 9.53 Å². The Morgan fingerprint density at radius 1 is 1.18 bits per heavy atom. The first-order valence-corrected chi connectivity index (χ1v) is 11.8. The third kappa shape index (κ3) is 4.70. The maximum Gasteiger partial charge on any atom is 0.283 e. The van der Waals surface area contributed by atoms with E-state index in [2.05, 4.69) is 10.1 Å². The van der Waals surface area contributed by atoms with Gasteiger partial charge in [-0.15, -0.1) is 0 Å². The van der Waals surface area contributed by atoms with Crippen LogP contribution in [0.2, 0.25) is 0 Å². The first kappa shape index (κ1) is 21.4. The number of hydrogen-bond donors (Lipinski definition) is 2. The fourth-order valence-corrected chi connectivity index (χ4v) is 4.96. The van der Waals surface area contributed by atoms with Crippen LogP contribution >= 0.6 is 23.1 Å². The molecule has 5 rings (SSSR count). The number of benzene rings is 1. The van der Waals surface area contributed by atoms with Crippen molar-refractivity contribution in [1.82, 2.24) is 19.7 Å². The molecule has 2 N–H and O–H groups in total. The van der Waals surface area contributed by atoms with Gasteiger partial charge in [0.2, 0.25) is 11.0 Å². The minimum Gasteiger partial charge on any atom is -0.450 e. The number of aromatic nitrogens is 3. The highest BCUT2D eigenvalue weighted by Gasteiger charge is 2.16. The predicted octanol–water partition coefficient (Wildman–Crippen LogP) is 0.752. The highest BCUT2D eigenvalue weighted by atomic mass is 32.2. The standard InChI is InChI=1S/C22H19N5O4S2/c23-20-16(12-14-6-7-19(31-14)32-15-4-2-1-3-5-15)21(29)24-22-27(20)25-17(33-22)13-18(28)26-8-10-30-11-9-26/h1-7,12-13,23,25H,8-11H2/b16-12-,17-13+,23-20?. The minimum absolute atomic E-state index is 0.0617. The summed E-state index contributed by atoms with van der Waals surface area (Å²) in [5.41, 5.74) is -0.594. The SMILES string of the molecule is N=c1/c(=C/c2ccc(Sc3ccccc3)o2)c(=O)nc2s/c(=C/C(=O)N3CCOCC3)[nH]n1-2. The number of furan rings is 1. The Bertz CT molecular complexity index is 1500. The summed E-state index contributed by atoms with van der Waals surface area (Å²) in [6.07, 6.45) is 2.96. The summed E-state index contributed by atoms with van der Waals surface area (Å²) in [5.74, 6) is 0.298. The molecule has 3 aliphatic rings. The number of ether oxygens (including phenoxy) is 1. The van der Waals surface area contributed by atoms with E-state index in [9.17, 15) is 9.59 Å². The first-order valence-electron chi connectivity index (χ1n) is 10.2. The first-order chi connectivity index (χ1) is 16.1. The van der Waals surface area contributed by atoms with Crippen molar-refractivity contribution >= 4 is 41.2 Å². The zero-order valence-corrected chi connectivity index (χ0v) is 18.9. The van der Waals surface area contributed by atoms with Gasteiger partial charge in [-0.2, -0.15) is 4.98 Å². The van der Waals surface area contributed by atoms with Gasteiger partial charge in [0.25, 0.3) is 5.56 Å². The van der Waals surface area contributed by atoms with Crippen LogP contribution < -0.4 is 20.9 Å². The topological polar surface area (TPSA) is 117 Å². The summed E-state index contributed by atoms with van der Waals surface area (Å²) < 4.78 is 13.0. The van der Waals surface area contributed by atoms with Gasteiger partial charge in [-0.3, -0.25) is 20.1 Å². The molecule has 1 aromatic carbocycles. The Hall–Kier alpha value is -3.41. The molecule has 0 bridgehead atoms. The molecule has 0 aliphatic carbocycles. The number of morpholine rings is 1. The van der Waals surface area contributed by atoms with E-state index in [0.29, 0.717) is 47.0 Å². The van der Waals surface area contributed by atoms with Crippen molar-refractivity contribution in [2.45, 2.75) is 9.99 Å². The highest BCUT2D eigenvalue weighted by Crippen LogP contribution is 2.28. The van der Waals surface area contributed by atoms with E-state index < -0.39 is 5.56 Å². The van der Waals surface area contributed by atoms with Crippen molar-refractivity contribution in [3.63, 3.8) is 0 Å². The molecule has 33 heavy (non-hydrogen) atoms. The van der Waals surface area contributed by atoms with E-state index in [1.54, 1.807) is 11.0 Å². The molecule has 1 amide bonds. The molecule has 3 aliphatic heterocycles. The predicted molar refractivity (Wildman–Crippen MR) is 123 cm³/mol. The third-order valence-corrected chi connectivity index (χ3v) is 6.76. The largest absolute Gasteiger partial charge is 0.450 e. The van der Waals surface area contributed by atoms with Crippen molar-refractivity contribution in [1.29, 1.82) is 5.41 Å². The number of aromatic amines is 1. The van der Waals surface area contributed by atoms with Crippen LogP contribution in [0.3, 0.4) is 0 Å². The molecule has 0 spiro atoms. The van der Waals surface area contributed by atoms with Gasteiger partial charge in [-0.25, -0.2) is 4.68 Å². The quantitative estimate of drug-likeness (QED) is 0.444. The summed E-state index contributed by atoms with van der Waals surface area (Å²) in [5, 5.41) is 12.6. The van der Waals surface area contributed by atoms with Crippen molar-refractivity contribution in [3.8, 4) is 5.13 Å². The smallest absolute Gasteiger partial charge is 0.283 e. The number of carbonyl (C=O) groups excluding carboxylic acids is 1. The molecular formula is C22H19N5O4S2. The highest BCUT2D eigenvalue weighted by molar-refractivity contribution is 7.99. The van der Waals surface area contributed by atoms with Crippen LogP contribution in [0.25, 0.3) is 17.3 Å². The maximum atomic E-state index is 12.6. The Kier molecular flexibility index (Phi) is 5.99. The Morgan fingerprint density at radius 3 is 2.76 bits per heavy atom.